The number of aryl methyl sites for hydroxylation is 1. The number of nitrogens with zero attached hydrogens (tertiary/aromatic N) is 3. The molecule has 0 spiro atoms. The van der Waals surface area contributed by atoms with E-state index in [1.165, 1.54) is 0 Å². The number of nitrogens with one attached hydrogen (secondary N) is 1. The molecule has 1 N–H and O–H groups in total. The van der Waals surface area contributed by atoms with Gasteiger partial charge in [0.1, 0.15) is 0 Å². The van der Waals surface area contributed by atoms with Crippen LogP contribution in [0.3, 0.4) is 0 Å². The van der Waals surface area contributed by atoms with Gasteiger partial charge in [0, 0.05) is 6.20 Å². The summed E-state index contributed by atoms with van der Waals surface area (Å²) in [5.41, 5.74) is 1.59. The first-order valence-electron chi connectivity index (χ1n) is 4.42. The van der Waals surface area contributed by atoms with Crippen LogP contribution in [0, 0.1) is 6.92 Å². The van der Waals surface area contributed by atoms with E-state index in [9.17, 15) is 0 Å². The van der Waals surface area contributed by atoms with E-state index in [1.54, 1.807) is 18.6 Å². The van der Waals surface area contributed by atoms with Crippen LogP contribution in [0.4, 0.5) is 11.6 Å². The van der Waals surface area contributed by atoms with Gasteiger partial charge in [0.25, 0.3) is 0 Å². The lowest BCUT2D eigenvalue weighted by Gasteiger charge is -2.04. The van der Waals surface area contributed by atoms with Crippen molar-refractivity contribution >= 4 is 23.2 Å². The number of rotatable bonds is 2. The summed E-state index contributed by atoms with van der Waals surface area (Å²) < 4.78 is 0. The highest BCUT2D eigenvalue weighted by Crippen LogP contribution is 2.15. The first-order chi connectivity index (χ1) is 7.25. The molecule has 0 atom stereocenters. The zero-order valence-electron chi connectivity index (χ0n) is 8.11. The standard InChI is InChI=1S/C10H9ClN4/c1-7-9(11)6-13-10(14-7)15-8-3-2-4-12-5-8/h2-6H,1H3,(H,13,14,15). The fourth-order valence-corrected chi connectivity index (χ4v) is 1.17. The minimum absolute atomic E-state index is 0.518. The lowest BCUT2D eigenvalue weighted by Crippen LogP contribution is -1.98. The monoisotopic (exact) mass is 220 g/mol. The van der Waals surface area contributed by atoms with Gasteiger partial charge in [0.15, 0.2) is 0 Å². The van der Waals surface area contributed by atoms with Crippen LogP contribution in [0.5, 0.6) is 0 Å². The fraction of sp³-hybridized carbons (Fsp3) is 0.100. The van der Waals surface area contributed by atoms with Crippen LogP contribution in [0.1, 0.15) is 5.69 Å². The number of pyridine rings is 1. The maximum Gasteiger partial charge on any atom is 0.227 e. The Hall–Kier alpha value is -1.68. The molecule has 0 radical (unpaired) electrons. The van der Waals surface area contributed by atoms with Crippen LogP contribution < -0.4 is 5.32 Å². The van der Waals surface area contributed by atoms with Crippen molar-refractivity contribution in [1.29, 1.82) is 0 Å². The maximum atomic E-state index is 5.82. The van der Waals surface area contributed by atoms with Gasteiger partial charge in [-0.25, -0.2) is 9.97 Å². The molecule has 15 heavy (non-hydrogen) atoms. The third-order valence-corrected chi connectivity index (χ3v) is 2.21. The summed E-state index contributed by atoms with van der Waals surface area (Å²) in [6, 6.07) is 3.73. The molecule has 76 valence electrons. The average molecular weight is 221 g/mol. The number of anilines is 2. The molecule has 5 heteroatoms. The third kappa shape index (κ3) is 2.41. The molecule has 0 aliphatic heterocycles. The number of hydrogen-bond acceptors (Lipinski definition) is 4. The van der Waals surface area contributed by atoms with Gasteiger partial charge in [-0.2, -0.15) is 0 Å². The average Bonchev–Trinajstić information content (AvgIpc) is 2.25. The van der Waals surface area contributed by atoms with Gasteiger partial charge in [0.2, 0.25) is 5.95 Å². The second kappa shape index (κ2) is 4.23. The molecule has 0 fully saturated rings. The molecule has 0 unspecified atom stereocenters. The van der Waals surface area contributed by atoms with Gasteiger partial charge in [-0.1, -0.05) is 11.6 Å². The normalized spacial score (nSPS) is 10.0. The minimum Gasteiger partial charge on any atom is -0.323 e. The van der Waals surface area contributed by atoms with Crippen LogP contribution in [-0.4, -0.2) is 15.0 Å². The van der Waals surface area contributed by atoms with Crippen molar-refractivity contribution in [3.8, 4) is 0 Å². The molecule has 0 aliphatic carbocycles. The Kier molecular flexibility index (Phi) is 2.78. The number of hydrogen-bond donors (Lipinski definition) is 1. The van der Waals surface area contributed by atoms with Crippen molar-refractivity contribution in [2.75, 3.05) is 5.32 Å². The molecule has 4 nitrogen and oxygen atoms in total. The molecule has 0 saturated heterocycles. The maximum absolute atomic E-state index is 5.82. The number of halogens is 1. The van der Waals surface area contributed by atoms with Crippen LogP contribution in [0.15, 0.2) is 30.7 Å². The highest BCUT2D eigenvalue weighted by molar-refractivity contribution is 6.31. The molecule has 2 aromatic rings. The highest BCUT2D eigenvalue weighted by atomic mass is 35.5. The smallest absolute Gasteiger partial charge is 0.227 e. The molecule has 2 aromatic heterocycles. The predicted molar refractivity (Wildman–Crippen MR) is 59.3 cm³/mol. The van der Waals surface area contributed by atoms with Crippen LogP contribution in [0.25, 0.3) is 0 Å². The summed E-state index contributed by atoms with van der Waals surface area (Å²) in [4.78, 5) is 12.2. The molecular formula is C10H9ClN4. The summed E-state index contributed by atoms with van der Waals surface area (Å²) in [5.74, 6) is 0.518. The molecule has 0 aromatic carbocycles. The quantitative estimate of drug-likeness (QED) is 0.845. The van der Waals surface area contributed by atoms with Crippen molar-refractivity contribution in [2.24, 2.45) is 0 Å². The van der Waals surface area contributed by atoms with Crippen LogP contribution in [0.2, 0.25) is 5.02 Å². The van der Waals surface area contributed by atoms with Gasteiger partial charge in [0.05, 0.1) is 28.8 Å². The van der Waals surface area contributed by atoms with Crippen molar-refractivity contribution in [1.82, 2.24) is 15.0 Å². The van der Waals surface area contributed by atoms with Crippen LogP contribution >= 0.6 is 11.6 Å². The summed E-state index contributed by atoms with van der Waals surface area (Å²) in [6.07, 6.45) is 4.98. The van der Waals surface area contributed by atoms with Crippen LogP contribution in [-0.2, 0) is 0 Å². The molecule has 2 heterocycles. The first-order valence-corrected chi connectivity index (χ1v) is 4.80. The zero-order valence-corrected chi connectivity index (χ0v) is 8.86. The largest absolute Gasteiger partial charge is 0.323 e. The Morgan fingerprint density at radius 3 is 2.87 bits per heavy atom. The number of aromatic nitrogens is 3. The molecule has 0 aliphatic rings. The second-order valence-electron chi connectivity index (χ2n) is 2.99. The molecule has 0 amide bonds. The summed E-state index contributed by atoms with van der Waals surface area (Å²) in [5, 5.41) is 3.59. The van der Waals surface area contributed by atoms with E-state index < -0.39 is 0 Å². The van der Waals surface area contributed by atoms with E-state index in [0.29, 0.717) is 11.0 Å². The SMILES string of the molecule is Cc1nc(Nc2cccnc2)ncc1Cl. The third-order valence-electron chi connectivity index (χ3n) is 1.84. The minimum atomic E-state index is 0.518. The molecule has 0 bridgehead atoms. The van der Waals surface area contributed by atoms with Crippen molar-refractivity contribution in [2.45, 2.75) is 6.92 Å². The van der Waals surface area contributed by atoms with E-state index in [4.69, 9.17) is 11.6 Å². The summed E-state index contributed by atoms with van der Waals surface area (Å²) >= 11 is 5.82. The molecule has 2 rings (SSSR count). The van der Waals surface area contributed by atoms with Crippen molar-refractivity contribution in [3.05, 3.63) is 41.4 Å². The van der Waals surface area contributed by atoms with E-state index in [0.717, 1.165) is 11.4 Å². The fourth-order valence-electron chi connectivity index (χ4n) is 1.08. The first kappa shape index (κ1) is 9.86. The topological polar surface area (TPSA) is 50.7 Å². The summed E-state index contributed by atoms with van der Waals surface area (Å²) in [7, 11) is 0. The zero-order chi connectivity index (χ0) is 10.7. The van der Waals surface area contributed by atoms with Gasteiger partial charge in [-0.3, -0.25) is 4.98 Å². The van der Waals surface area contributed by atoms with E-state index >= 15 is 0 Å². The molecule has 0 saturated carbocycles. The van der Waals surface area contributed by atoms with Gasteiger partial charge >= 0.3 is 0 Å². The van der Waals surface area contributed by atoms with Gasteiger partial charge < -0.3 is 5.32 Å². The van der Waals surface area contributed by atoms with E-state index in [1.807, 2.05) is 19.1 Å². The van der Waals surface area contributed by atoms with Gasteiger partial charge in [-0.05, 0) is 19.1 Å². The lowest BCUT2D eigenvalue weighted by atomic mass is 10.4. The summed E-state index contributed by atoms with van der Waals surface area (Å²) in [6.45, 7) is 1.83. The molecular weight excluding hydrogens is 212 g/mol. The Bertz CT molecular complexity index is 458. The second-order valence-corrected chi connectivity index (χ2v) is 3.40. The Balaban J connectivity index is 2.22. The lowest BCUT2D eigenvalue weighted by molar-refractivity contribution is 1.10. The van der Waals surface area contributed by atoms with E-state index in [2.05, 4.69) is 20.3 Å². The highest BCUT2D eigenvalue weighted by Gasteiger charge is 2.00. The van der Waals surface area contributed by atoms with E-state index in [-0.39, 0.29) is 0 Å². The van der Waals surface area contributed by atoms with Crippen molar-refractivity contribution < 1.29 is 0 Å². The Labute approximate surface area is 92.4 Å². The van der Waals surface area contributed by atoms with Gasteiger partial charge in [-0.15, -0.1) is 0 Å². The predicted octanol–water partition coefficient (Wildman–Crippen LogP) is 2.58. The van der Waals surface area contributed by atoms with Crippen molar-refractivity contribution in [3.63, 3.8) is 0 Å². The Morgan fingerprint density at radius 2 is 2.20 bits per heavy atom. The Morgan fingerprint density at radius 1 is 1.33 bits per heavy atom.